The van der Waals surface area contributed by atoms with Crippen molar-refractivity contribution >= 4 is 33.4 Å². The molecule has 0 amide bonds. The maximum absolute atomic E-state index is 6.02. The number of aromatic nitrogens is 4. The van der Waals surface area contributed by atoms with E-state index in [0.29, 0.717) is 17.6 Å². The highest BCUT2D eigenvalue weighted by Gasteiger charge is 2.36. The predicted molar refractivity (Wildman–Crippen MR) is 80.7 cm³/mol. The van der Waals surface area contributed by atoms with Gasteiger partial charge in [0, 0.05) is 22.6 Å². The lowest BCUT2D eigenvalue weighted by molar-refractivity contribution is 0.626. The Balaban J connectivity index is 1.68. The zero-order valence-electron chi connectivity index (χ0n) is 10.8. The fraction of sp³-hybridized carbons (Fsp3) is 0.462. The smallest absolute Gasteiger partial charge is 0.197 e. The molecule has 0 aromatic carbocycles. The van der Waals surface area contributed by atoms with Crippen molar-refractivity contribution in [2.24, 2.45) is 0 Å². The summed E-state index contributed by atoms with van der Waals surface area (Å²) in [5, 5.41) is 10.5. The zero-order chi connectivity index (χ0) is 13.7. The fourth-order valence-corrected chi connectivity index (χ4v) is 3.49. The van der Waals surface area contributed by atoms with Gasteiger partial charge in [0.1, 0.15) is 10.9 Å². The standard InChI is InChI=1S/C13H14BrN5S/c14-8-5-10(15)12(16-6-8)20-13-18-17-11(7-1-2-7)19(13)9-3-4-9/h5-7,9H,1-4,15H2. The van der Waals surface area contributed by atoms with E-state index in [1.807, 2.05) is 6.07 Å². The Morgan fingerprint density at radius 3 is 2.70 bits per heavy atom. The molecule has 2 aromatic heterocycles. The first-order valence-electron chi connectivity index (χ1n) is 6.76. The topological polar surface area (TPSA) is 69.6 Å². The minimum absolute atomic E-state index is 0.583. The minimum Gasteiger partial charge on any atom is -0.396 e. The van der Waals surface area contributed by atoms with Crippen LogP contribution < -0.4 is 5.73 Å². The molecule has 0 bridgehead atoms. The Bertz CT molecular complexity index is 663. The molecule has 2 aromatic rings. The Hall–Kier alpha value is -1.08. The van der Waals surface area contributed by atoms with Gasteiger partial charge in [0.15, 0.2) is 5.16 Å². The van der Waals surface area contributed by atoms with E-state index in [0.717, 1.165) is 20.5 Å². The Kier molecular flexibility index (Phi) is 2.99. The molecule has 2 saturated carbocycles. The summed E-state index contributed by atoms with van der Waals surface area (Å²) in [5.41, 5.74) is 6.69. The number of nitrogen functional groups attached to an aromatic ring is 1. The van der Waals surface area contributed by atoms with E-state index in [2.05, 4.69) is 35.7 Å². The van der Waals surface area contributed by atoms with E-state index in [-0.39, 0.29) is 0 Å². The third kappa shape index (κ3) is 2.33. The van der Waals surface area contributed by atoms with Crippen molar-refractivity contribution in [1.82, 2.24) is 19.7 Å². The lowest BCUT2D eigenvalue weighted by atomic mass is 10.4. The van der Waals surface area contributed by atoms with Gasteiger partial charge in [0.2, 0.25) is 0 Å². The minimum atomic E-state index is 0.583. The maximum Gasteiger partial charge on any atom is 0.197 e. The molecular weight excluding hydrogens is 338 g/mol. The van der Waals surface area contributed by atoms with E-state index in [4.69, 9.17) is 5.73 Å². The van der Waals surface area contributed by atoms with Crippen molar-refractivity contribution in [2.75, 3.05) is 5.73 Å². The number of pyridine rings is 1. The summed E-state index contributed by atoms with van der Waals surface area (Å²) < 4.78 is 3.20. The van der Waals surface area contributed by atoms with Gasteiger partial charge in [-0.2, -0.15) is 0 Å². The molecule has 2 fully saturated rings. The van der Waals surface area contributed by atoms with Gasteiger partial charge in [-0.25, -0.2) is 4.98 Å². The van der Waals surface area contributed by atoms with Crippen LogP contribution in [0.3, 0.4) is 0 Å². The van der Waals surface area contributed by atoms with Gasteiger partial charge < -0.3 is 10.3 Å². The molecule has 0 spiro atoms. The molecule has 0 saturated heterocycles. The van der Waals surface area contributed by atoms with E-state index >= 15 is 0 Å². The quantitative estimate of drug-likeness (QED) is 0.914. The molecule has 4 rings (SSSR count). The number of anilines is 1. The summed E-state index contributed by atoms with van der Waals surface area (Å²) in [7, 11) is 0. The molecule has 2 N–H and O–H groups in total. The van der Waals surface area contributed by atoms with Crippen LogP contribution in [0.2, 0.25) is 0 Å². The first-order chi connectivity index (χ1) is 9.72. The van der Waals surface area contributed by atoms with Crippen molar-refractivity contribution in [3.63, 3.8) is 0 Å². The number of halogens is 1. The average molecular weight is 352 g/mol. The molecule has 5 nitrogen and oxygen atoms in total. The van der Waals surface area contributed by atoms with Crippen molar-refractivity contribution in [1.29, 1.82) is 0 Å². The van der Waals surface area contributed by atoms with Crippen molar-refractivity contribution in [3.05, 3.63) is 22.6 Å². The summed E-state index contributed by atoms with van der Waals surface area (Å²) >= 11 is 4.89. The average Bonchev–Trinajstić information content (AvgIpc) is 3.31. The molecule has 0 unspecified atom stereocenters. The first-order valence-corrected chi connectivity index (χ1v) is 8.37. The molecule has 0 atom stereocenters. The van der Waals surface area contributed by atoms with Crippen molar-refractivity contribution in [3.8, 4) is 0 Å². The van der Waals surface area contributed by atoms with Crippen molar-refractivity contribution in [2.45, 2.75) is 47.8 Å². The number of hydrogen-bond acceptors (Lipinski definition) is 5. The van der Waals surface area contributed by atoms with Crippen LogP contribution in [0, 0.1) is 0 Å². The highest BCUT2D eigenvalue weighted by atomic mass is 79.9. The van der Waals surface area contributed by atoms with Crippen LogP contribution in [0.4, 0.5) is 5.69 Å². The number of rotatable bonds is 4. The van der Waals surface area contributed by atoms with Gasteiger partial charge in [-0.15, -0.1) is 10.2 Å². The lowest BCUT2D eigenvalue weighted by Crippen LogP contribution is -2.02. The second-order valence-electron chi connectivity index (χ2n) is 5.37. The SMILES string of the molecule is Nc1cc(Br)cnc1Sc1nnc(C2CC2)n1C1CC1. The monoisotopic (exact) mass is 351 g/mol. The highest BCUT2D eigenvalue weighted by molar-refractivity contribution is 9.10. The molecule has 0 aliphatic heterocycles. The van der Waals surface area contributed by atoms with Gasteiger partial charge in [-0.05, 0) is 59.4 Å². The van der Waals surface area contributed by atoms with Gasteiger partial charge >= 0.3 is 0 Å². The summed E-state index contributed by atoms with van der Waals surface area (Å²) in [5.74, 6) is 1.78. The zero-order valence-corrected chi connectivity index (χ0v) is 13.2. The van der Waals surface area contributed by atoms with Crippen LogP contribution in [-0.2, 0) is 0 Å². The summed E-state index contributed by atoms with van der Waals surface area (Å²) in [6.45, 7) is 0. The van der Waals surface area contributed by atoms with Gasteiger partial charge in [-0.1, -0.05) is 0 Å². The molecule has 2 aliphatic rings. The Labute approximate surface area is 129 Å². The second-order valence-corrected chi connectivity index (χ2v) is 7.24. The number of nitrogens with two attached hydrogens (primary N) is 1. The Morgan fingerprint density at radius 1 is 1.25 bits per heavy atom. The normalized spacial score (nSPS) is 18.4. The Morgan fingerprint density at radius 2 is 2.05 bits per heavy atom. The van der Waals surface area contributed by atoms with Crippen LogP contribution in [0.5, 0.6) is 0 Å². The first kappa shape index (κ1) is 12.6. The molecule has 0 radical (unpaired) electrons. The fourth-order valence-electron chi connectivity index (χ4n) is 2.27. The number of hydrogen-bond donors (Lipinski definition) is 1. The van der Waals surface area contributed by atoms with Crippen LogP contribution in [-0.4, -0.2) is 19.7 Å². The lowest BCUT2D eigenvalue weighted by Gasteiger charge is -2.08. The van der Waals surface area contributed by atoms with Crippen LogP contribution in [0.15, 0.2) is 26.9 Å². The van der Waals surface area contributed by atoms with E-state index in [9.17, 15) is 0 Å². The van der Waals surface area contributed by atoms with Gasteiger partial charge in [-0.3, -0.25) is 0 Å². The third-order valence-electron chi connectivity index (χ3n) is 3.58. The molecule has 7 heteroatoms. The van der Waals surface area contributed by atoms with E-state index < -0.39 is 0 Å². The summed E-state index contributed by atoms with van der Waals surface area (Å²) in [4.78, 5) is 4.37. The van der Waals surface area contributed by atoms with E-state index in [1.165, 1.54) is 37.4 Å². The molecule has 104 valence electrons. The van der Waals surface area contributed by atoms with Crippen LogP contribution in [0.25, 0.3) is 0 Å². The molecule has 20 heavy (non-hydrogen) atoms. The van der Waals surface area contributed by atoms with Gasteiger partial charge in [0.05, 0.1) is 5.69 Å². The highest BCUT2D eigenvalue weighted by Crippen LogP contribution is 2.46. The predicted octanol–water partition coefficient (Wildman–Crippen LogP) is 3.38. The van der Waals surface area contributed by atoms with Crippen LogP contribution >= 0.6 is 27.7 Å². The maximum atomic E-state index is 6.02. The largest absolute Gasteiger partial charge is 0.396 e. The molecule has 2 heterocycles. The third-order valence-corrected chi connectivity index (χ3v) is 5.01. The van der Waals surface area contributed by atoms with Gasteiger partial charge in [0.25, 0.3) is 0 Å². The second kappa shape index (κ2) is 4.73. The number of nitrogens with zero attached hydrogens (tertiary/aromatic N) is 4. The summed E-state index contributed by atoms with van der Waals surface area (Å²) in [6.07, 6.45) is 6.71. The van der Waals surface area contributed by atoms with Crippen LogP contribution in [0.1, 0.15) is 43.5 Å². The summed E-state index contributed by atoms with van der Waals surface area (Å²) in [6, 6.07) is 2.45. The molecule has 2 aliphatic carbocycles. The molecular formula is C13H14BrN5S. The van der Waals surface area contributed by atoms with Crippen molar-refractivity contribution < 1.29 is 0 Å². The van der Waals surface area contributed by atoms with E-state index in [1.54, 1.807) is 6.20 Å².